The molecule has 1 N–H and O–H groups in total. The standard InChI is InChI=1S/C27H39ClN4O4S/c1-9-23(26(34)29-27(4,5)6)31(17-21-12-14-22(28)15-13-21)25(33)18-32(37(35,36)30(7)8)24-16-19(2)10-11-20(24)3/h10-16,23H,9,17-18H2,1-8H3,(H,29,34)/t23-/m0/s1. The molecule has 2 aromatic rings. The van der Waals surface area contributed by atoms with E-state index in [0.29, 0.717) is 22.7 Å². The fraction of sp³-hybridized carbons (Fsp3) is 0.481. The molecule has 0 aliphatic heterocycles. The number of rotatable bonds is 10. The molecule has 0 aliphatic carbocycles. The van der Waals surface area contributed by atoms with Crippen LogP contribution in [0.25, 0.3) is 0 Å². The number of nitrogens with one attached hydrogen (secondary N) is 1. The molecular formula is C27H39ClN4O4S. The quantitative estimate of drug-likeness (QED) is 0.478. The summed E-state index contributed by atoms with van der Waals surface area (Å²) in [6.45, 7) is 10.8. The maximum absolute atomic E-state index is 13.9. The summed E-state index contributed by atoms with van der Waals surface area (Å²) in [5, 5.41) is 3.51. The van der Waals surface area contributed by atoms with Gasteiger partial charge in [-0.1, -0.05) is 42.8 Å². The molecule has 0 bridgehead atoms. The average molecular weight is 551 g/mol. The van der Waals surface area contributed by atoms with Crippen molar-refractivity contribution in [2.24, 2.45) is 0 Å². The first kappa shape index (κ1) is 30.6. The van der Waals surface area contributed by atoms with Crippen LogP contribution in [-0.4, -0.2) is 61.7 Å². The highest BCUT2D eigenvalue weighted by atomic mass is 35.5. The lowest BCUT2D eigenvalue weighted by atomic mass is 10.1. The van der Waals surface area contributed by atoms with Crippen molar-refractivity contribution in [2.75, 3.05) is 24.9 Å². The van der Waals surface area contributed by atoms with E-state index in [2.05, 4.69) is 5.32 Å². The number of hydrogen-bond donors (Lipinski definition) is 1. The highest BCUT2D eigenvalue weighted by Crippen LogP contribution is 2.26. The lowest BCUT2D eigenvalue weighted by Gasteiger charge is -2.35. The molecule has 8 nitrogen and oxygen atoms in total. The van der Waals surface area contributed by atoms with Crippen LogP contribution in [0.15, 0.2) is 42.5 Å². The van der Waals surface area contributed by atoms with Crippen LogP contribution in [0.3, 0.4) is 0 Å². The van der Waals surface area contributed by atoms with Gasteiger partial charge < -0.3 is 10.2 Å². The van der Waals surface area contributed by atoms with Gasteiger partial charge in [-0.2, -0.15) is 12.7 Å². The minimum absolute atomic E-state index is 0.120. The fourth-order valence-electron chi connectivity index (χ4n) is 3.85. The van der Waals surface area contributed by atoms with Gasteiger partial charge in [-0.3, -0.25) is 9.59 Å². The van der Waals surface area contributed by atoms with Crippen molar-refractivity contribution < 1.29 is 18.0 Å². The Balaban J connectivity index is 2.57. The van der Waals surface area contributed by atoms with Crippen LogP contribution in [0, 0.1) is 13.8 Å². The number of halogens is 1. The molecule has 0 radical (unpaired) electrons. The summed E-state index contributed by atoms with van der Waals surface area (Å²) < 4.78 is 29.0. The SMILES string of the molecule is CC[C@@H](C(=O)NC(C)(C)C)N(Cc1ccc(Cl)cc1)C(=O)CN(c1cc(C)ccc1C)S(=O)(=O)N(C)C. The molecule has 0 aromatic heterocycles. The molecule has 2 amide bonds. The van der Waals surface area contributed by atoms with Crippen molar-refractivity contribution in [2.45, 2.75) is 66.1 Å². The summed E-state index contributed by atoms with van der Waals surface area (Å²) in [5.41, 5.74) is 2.26. The zero-order valence-corrected chi connectivity index (χ0v) is 24.6. The molecule has 10 heteroatoms. The summed E-state index contributed by atoms with van der Waals surface area (Å²) >= 11 is 6.05. The third-order valence-electron chi connectivity index (χ3n) is 5.80. The maximum atomic E-state index is 13.9. The summed E-state index contributed by atoms with van der Waals surface area (Å²) in [6, 6.07) is 11.7. The van der Waals surface area contributed by atoms with Crippen molar-refractivity contribution in [1.82, 2.24) is 14.5 Å². The number of carbonyl (C=O) groups is 2. The van der Waals surface area contributed by atoms with Gasteiger partial charge in [-0.25, -0.2) is 4.31 Å². The maximum Gasteiger partial charge on any atom is 0.304 e. The first-order valence-electron chi connectivity index (χ1n) is 12.2. The van der Waals surface area contributed by atoms with Crippen LogP contribution < -0.4 is 9.62 Å². The first-order valence-corrected chi connectivity index (χ1v) is 14.0. The van der Waals surface area contributed by atoms with E-state index in [9.17, 15) is 18.0 Å². The van der Waals surface area contributed by atoms with E-state index in [4.69, 9.17) is 11.6 Å². The largest absolute Gasteiger partial charge is 0.350 e. The molecule has 0 unspecified atom stereocenters. The topological polar surface area (TPSA) is 90.0 Å². The van der Waals surface area contributed by atoms with Gasteiger partial charge in [0.05, 0.1) is 5.69 Å². The molecule has 0 aliphatic rings. The first-order chi connectivity index (χ1) is 17.1. The van der Waals surface area contributed by atoms with E-state index in [1.807, 2.05) is 46.8 Å². The lowest BCUT2D eigenvalue weighted by molar-refractivity contribution is -0.141. The van der Waals surface area contributed by atoms with Gasteiger partial charge in [0.15, 0.2) is 0 Å². The Morgan fingerprint density at radius 2 is 1.62 bits per heavy atom. The van der Waals surface area contributed by atoms with Crippen LogP contribution in [0.1, 0.15) is 50.8 Å². The van der Waals surface area contributed by atoms with Gasteiger partial charge in [0.1, 0.15) is 12.6 Å². The summed E-state index contributed by atoms with van der Waals surface area (Å²) in [5.74, 6) is -0.789. The van der Waals surface area contributed by atoms with Gasteiger partial charge in [0.2, 0.25) is 11.8 Å². The average Bonchev–Trinajstić information content (AvgIpc) is 2.78. The third-order valence-corrected chi connectivity index (χ3v) is 7.86. The molecule has 0 saturated carbocycles. The molecular weight excluding hydrogens is 512 g/mol. The second-order valence-corrected chi connectivity index (χ2v) is 12.9. The van der Waals surface area contributed by atoms with Crippen LogP contribution in [0.5, 0.6) is 0 Å². The number of aryl methyl sites for hydroxylation is 2. The van der Waals surface area contributed by atoms with E-state index >= 15 is 0 Å². The normalized spacial score (nSPS) is 12.8. The summed E-state index contributed by atoms with van der Waals surface area (Å²) in [6.07, 6.45) is 0.352. The Morgan fingerprint density at radius 3 is 2.14 bits per heavy atom. The third kappa shape index (κ3) is 8.18. The van der Waals surface area contributed by atoms with Gasteiger partial charge in [0.25, 0.3) is 0 Å². The van der Waals surface area contributed by atoms with Gasteiger partial charge in [-0.05, 0) is 75.9 Å². The van der Waals surface area contributed by atoms with E-state index in [0.717, 1.165) is 19.7 Å². The number of amides is 2. The van der Waals surface area contributed by atoms with Crippen molar-refractivity contribution in [1.29, 1.82) is 0 Å². The zero-order chi connectivity index (χ0) is 28.1. The Labute approximate surface area is 226 Å². The Bertz CT molecular complexity index is 1210. The second kappa shape index (κ2) is 12.3. The van der Waals surface area contributed by atoms with Crippen LogP contribution >= 0.6 is 11.6 Å². The molecule has 37 heavy (non-hydrogen) atoms. The highest BCUT2D eigenvalue weighted by molar-refractivity contribution is 7.90. The van der Waals surface area contributed by atoms with E-state index in [-0.39, 0.29) is 12.5 Å². The molecule has 2 rings (SSSR count). The predicted octanol–water partition coefficient (Wildman–Crippen LogP) is 4.29. The summed E-state index contributed by atoms with van der Waals surface area (Å²) in [4.78, 5) is 28.7. The van der Waals surface area contributed by atoms with E-state index < -0.39 is 34.2 Å². The zero-order valence-electron chi connectivity index (χ0n) is 23.0. The molecule has 1 atom stereocenters. The van der Waals surface area contributed by atoms with Crippen molar-refractivity contribution >= 4 is 39.3 Å². The van der Waals surface area contributed by atoms with E-state index in [1.54, 1.807) is 37.3 Å². The smallest absolute Gasteiger partial charge is 0.304 e. The van der Waals surface area contributed by atoms with Crippen LogP contribution in [0.2, 0.25) is 5.02 Å². The molecule has 0 fully saturated rings. The second-order valence-electron chi connectivity index (χ2n) is 10.4. The molecule has 204 valence electrons. The monoisotopic (exact) mass is 550 g/mol. The molecule has 0 saturated heterocycles. The van der Waals surface area contributed by atoms with Crippen LogP contribution in [0.4, 0.5) is 5.69 Å². The number of hydrogen-bond acceptors (Lipinski definition) is 4. The van der Waals surface area contributed by atoms with Crippen molar-refractivity contribution in [3.8, 4) is 0 Å². The Morgan fingerprint density at radius 1 is 1.03 bits per heavy atom. The van der Waals surface area contributed by atoms with Crippen molar-refractivity contribution in [3.63, 3.8) is 0 Å². The molecule has 0 spiro atoms. The van der Waals surface area contributed by atoms with Gasteiger partial charge >= 0.3 is 10.2 Å². The number of anilines is 1. The Kier molecular flexibility index (Phi) is 10.2. The Hall–Kier alpha value is -2.62. The number of benzene rings is 2. The molecule has 0 heterocycles. The number of nitrogens with zero attached hydrogens (tertiary/aromatic N) is 3. The van der Waals surface area contributed by atoms with Gasteiger partial charge in [-0.15, -0.1) is 0 Å². The minimum atomic E-state index is -4.02. The predicted molar refractivity (Wildman–Crippen MR) is 150 cm³/mol. The fourth-order valence-corrected chi connectivity index (χ4v) is 5.09. The van der Waals surface area contributed by atoms with Crippen LogP contribution in [-0.2, 0) is 26.3 Å². The van der Waals surface area contributed by atoms with E-state index in [1.165, 1.54) is 19.0 Å². The minimum Gasteiger partial charge on any atom is -0.350 e. The highest BCUT2D eigenvalue weighted by Gasteiger charge is 2.35. The van der Waals surface area contributed by atoms with Gasteiger partial charge in [0, 0.05) is 31.2 Å². The number of carbonyl (C=O) groups excluding carboxylic acids is 2. The lowest BCUT2D eigenvalue weighted by Crippen LogP contribution is -2.55. The van der Waals surface area contributed by atoms with Crippen molar-refractivity contribution in [3.05, 3.63) is 64.2 Å². The summed E-state index contributed by atoms with van der Waals surface area (Å²) in [7, 11) is -1.17. The molecule has 2 aromatic carbocycles.